The summed E-state index contributed by atoms with van der Waals surface area (Å²) in [5.74, 6) is 0.853. The monoisotopic (exact) mass is 278 g/mol. The number of carbonyl (C=O) groups is 1. The summed E-state index contributed by atoms with van der Waals surface area (Å²) in [6.07, 6.45) is 0.968. The van der Waals surface area contributed by atoms with E-state index in [-0.39, 0.29) is 5.92 Å². The standard InChI is InChI=1S/C15H19ClN2O/c1-10-9-17-5-6-18(10)15(19)14-8-13(14)11-3-2-4-12(16)7-11/h2-4,7,10,13-14,17H,5-6,8-9H2,1H3/t10-,13+,14+/m1/s1. The number of piperazine rings is 1. The summed E-state index contributed by atoms with van der Waals surface area (Å²) >= 11 is 6.01. The number of nitrogens with one attached hydrogen (secondary N) is 1. The molecule has 0 spiro atoms. The van der Waals surface area contributed by atoms with E-state index < -0.39 is 0 Å². The molecule has 1 amide bonds. The molecule has 1 aliphatic carbocycles. The van der Waals surface area contributed by atoms with Crippen molar-refractivity contribution in [1.82, 2.24) is 10.2 Å². The van der Waals surface area contributed by atoms with Gasteiger partial charge in [-0.2, -0.15) is 0 Å². The summed E-state index contributed by atoms with van der Waals surface area (Å²) in [5, 5.41) is 4.07. The van der Waals surface area contributed by atoms with Gasteiger partial charge in [0, 0.05) is 36.6 Å². The third kappa shape index (κ3) is 2.63. The van der Waals surface area contributed by atoms with Crippen LogP contribution >= 0.6 is 11.6 Å². The van der Waals surface area contributed by atoms with Crippen molar-refractivity contribution in [2.24, 2.45) is 5.92 Å². The van der Waals surface area contributed by atoms with Crippen LogP contribution in [0, 0.1) is 5.92 Å². The van der Waals surface area contributed by atoms with Crippen molar-refractivity contribution in [3.8, 4) is 0 Å². The second-order valence-corrected chi connectivity index (χ2v) is 6.02. The Morgan fingerprint density at radius 1 is 1.47 bits per heavy atom. The Morgan fingerprint density at radius 3 is 3.05 bits per heavy atom. The number of hydrogen-bond donors (Lipinski definition) is 1. The largest absolute Gasteiger partial charge is 0.337 e. The summed E-state index contributed by atoms with van der Waals surface area (Å²) in [5.41, 5.74) is 1.20. The molecule has 4 heteroatoms. The van der Waals surface area contributed by atoms with Gasteiger partial charge in [0.2, 0.25) is 5.91 Å². The average Bonchev–Trinajstić information content (AvgIpc) is 3.19. The maximum atomic E-state index is 12.5. The Morgan fingerprint density at radius 2 is 2.32 bits per heavy atom. The minimum Gasteiger partial charge on any atom is -0.337 e. The molecule has 2 aliphatic rings. The number of benzene rings is 1. The zero-order valence-corrected chi connectivity index (χ0v) is 11.9. The van der Waals surface area contributed by atoms with Gasteiger partial charge in [-0.3, -0.25) is 4.79 Å². The zero-order chi connectivity index (χ0) is 13.4. The lowest BCUT2D eigenvalue weighted by atomic mass is 10.1. The molecule has 1 saturated carbocycles. The van der Waals surface area contributed by atoms with Crippen LogP contribution in [-0.2, 0) is 4.79 Å². The smallest absolute Gasteiger partial charge is 0.226 e. The Hall–Kier alpha value is -1.06. The summed E-state index contributed by atoms with van der Waals surface area (Å²) in [6, 6.07) is 8.21. The lowest BCUT2D eigenvalue weighted by molar-refractivity contribution is -0.135. The second kappa shape index (κ2) is 5.14. The quantitative estimate of drug-likeness (QED) is 0.900. The molecule has 1 heterocycles. The van der Waals surface area contributed by atoms with E-state index in [4.69, 9.17) is 11.6 Å². The van der Waals surface area contributed by atoms with E-state index in [0.717, 1.165) is 31.1 Å². The fourth-order valence-electron chi connectivity index (χ4n) is 2.95. The second-order valence-electron chi connectivity index (χ2n) is 5.59. The molecule has 2 fully saturated rings. The molecule has 3 rings (SSSR count). The fraction of sp³-hybridized carbons (Fsp3) is 0.533. The van der Waals surface area contributed by atoms with Gasteiger partial charge in [-0.25, -0.2) is 0 Å². The number of amides is 1. The van der Waals surface area contributed by atoms with Crippen molar-refractivity contribution in [1.29, 1.82) is 0 Å². The van der Waals surface area contributed by atoms with Gasteiger partial charge in [-0.05, 0) is 37.0 Å². The normalized spacial score (nSPS) is 30.2. The minimum absolute atomic E-state index is 0.166. The minimum atomic E-state index is 0.166. The molecule has 0 aromatic heterocycles. The average molecular weight is 279 g/mol. The van der Waals surface area contributed by atoms with Crippen molar-refractivity contribution in [3.05, 3.63) is 34.9 Å². The third-order valence-electron chi connectivity index (χ3n) is 4.17. The van der Waals surface area contributed by atoms with Gasteiger partial charge < -0.3 is 10.2 Å². The van der Waals surface area contributed by atoms with Crippen LogP contribution in [0.25, 0.3) is 0 Å². The molecule has 1 aliphatic heterocycles. The Labute approximate surface area is 118 Å². The molecule has 0 unspecified atom stereocenters. The number of halogens is 1. The summed E-state index contributed by atoms with van der Waals surface area (Å²) in [4.78, 5) is 14.5. The van der Waals surface area contributed by atoms with Gasteiger partial charge in [0.25, 0.3) is 0 Å². The molecule has 0 bridgehead atoms. The molecule has 3 nitrogen and oxygen atoms in total. The van der Waals surface area contributed by atoms with Crippen molar-refractivity contribution in [3.63, 3.8) is 0 Å². The highest BCUT2D eigenvalue weighted by atomic mass is 35.5. The fourth-order valence-corrected chi connectivity index (χ4v) is 3.15. The molecule has 0 radical (unpaired) electrons. The number of carbonyl (C=O) groups excluding carboxylic acids is 1. The molecular formula is C15H19ClN2O. The van der Waals surface area contributed by atoms with Gasteiger partial charge in [0.15, 0.2) is 0 Å². The summed E-state index contributed by atoms with van der Waals surface area (Å²) in [7, 11) is 0. The number of nitrogens with zero attached hydrogens (tertiary/aromatic N) is 1. The van der Waals surface area contributed by atoms with Gasteiger partial charge in [-0.1, -0.05) is 23.7 Å². The van der Waals surface area contributed by atoms with Gasteiger partial charge in [-0.15, -0.1) is 0 Å². The number of rotatable bonds is 2. The van der Waals surface area contributed by atoms with Crippen LogP contribution in [0.4, 0.5) is 0 Å². The van der Waals surface area contributed by atoms with Crippen LogP contribution in [0.5, 0.6) is 0 Å². The molecule has 1 aromatic rings. The topological polar surface area (TPSA) is 32.3 Å². The molecule has 19 heavy (non-hydrogen) atoms. The third-order valence-corrected chi connectivity index (χ3v) is 4.40. The van der Waals surface area contributed by atoms with Gasteiger partial charge >= 0.3 is 0 Å². The highest BCUT2D eigenvalue weighted by molar-refractivity contribution is 6.30. The molecule has 1 N–H and O–H groups in total. The highest BCUT2D eigenvalue weighted by Crippen LogP contribution is 2.49. The Balaban J connectivity index is 1.67. The van der Waals surface area contributed by atoms with Crippen molar-refractivity contribution in [2.75, 3.05) is 19.6 Å². The van der Waals surface area contributed by atoms with Crippen LogP contribution in [0.15, 0.2) is 24.3 Å². The molecular weight excluding hydrogens is 260 g/mol. The van der Waals surface area contributed by atoms with Crippen LogP contribution in [0.2, 0.25) is 5.02 Å². The highest BCUT2D eigenvalue weighted by Gasteiger charge is 2.46. The van der Waals surface area contributed by atoms with E-state index in [1.54, 1.807) is 0 Å². The Bertz CT molecular complexity index is 491. The first kappa shape index (κ1) is 12.9. The van der Waals surface area contributed by atoms with E-state index in [9.17, 15) is 4.79 Å². The lowest BCUT2D eigenvalue weighted by Gasteiger charge is -2.34. The van der Waals surface area contributed by atoms with E-state index in [2.05, 4.69) is 18.3 Å². The SMILES string of the molecule is C[C@@H]1CNCCN1C(=O)[C@H]1C[C@H]1c1cccc(Cl)c1. The maximum absolute atomic E-state index is 12.5. The Kier molecular flexibility index (Phi) is 3.50. The van der Waals surface area contributed by atoms with Crippen molar-refractivity contribution in [2.45, 2.75) is 25.3 Å². The van der Waals surface area contributed by atoms with Crippen LogP contribution in [0.1, 0.15) is 24.8 Å². The predicted octanol–water partition coefficient (Wildman–Crippen LogP) is 2.26. The van der Waals surface area contributed by atoms with Gasteiger partial charge in [0.1, 0.15) is 0 Å². The zero-order valence-electron chi connectivity index (χ0n) is 11.1. The van der Waals surface area contributed by atoms with Crippen LogP contribution < -0.4 is 5.32 Å². The van der Waals surface area contributed by atoms with E-state index in [1.807, 2.05) is 23.1 Å². The molecule has 1 saturated heterocycles. The first-order valence-electron chi connectivity index (χ1n) is 6.93. The van der Waals surface area contributed by atoms with E-state index in [0.29, 0.717) is 17.9 Å². The lowest BCUT2D eigenvalue weighted by Crippen LogP contribution is -2.52. The van der Waals surface area contributed by atoms with Gasteiger partial charge in [0.05, 0.1) is 0 Å². The van der Waals surface area contributed by atoms with Crippen molar-refractivity contribution < 1.29 is 4.79 Å². The first-order chi connectivity index (χ1) is 9.16. The maximum Gasteiger partial charge on any atom is 0.226 e. The van der Waals surface area contributed by atoms with Crippen molar-refractivity contribution >= 4 is 17.5 Å². The van der Waals surface area contributed by atoms with E-state index >= 15 is 0 Å². The van der Waals surface area contributed by atoms with Crippen LogP contribution in [0.3, 0.4) is 0 Å². The van der Waals surface area contributed by atoms with E-state index in [1.165, 1.54) is 5.56 Å². The van der Waals surface area contributed by atoms with Crippen LogP contribution in [-0.4, -0.2) is 36.5 Å². The summed E-state index contributed by atoms with van der Waals surface area (Å²) < 4.78 is 0. The predicted molar refractivity (Wildman–Crippen MR) is 76.3 cm³/mol. The molecule has 102 valence electrons. The molecule has 1 aromatic carbocycles. The first-order valence-corrected chi connectivity index (χ1v) is 7.31. The number of hydrogen-bond acceptors (Lipinski definition) is 2. The summed E-state index contributed by atoms with van der Waals surface area (Å²) in [6.45, 7) is 4.75. The molecule has 3 atom stereocenters.